The third-order valence-corrected chi connectivity index (χ3v) is 3.60. The summed E-state index contributed by atoms with van der Waals surface area (Å²) in [6, 6.07) is 5.30. The van der Waals surface area contributed by atoms with E-state index in [0.717, 1.165) is 10.2 Å². The van der Waals surface area contributed by atoms with E-state index >= 15 is 0 Å². The summed E-state index contributed by atoms with van der Waals surface area (Å²) in [5.74, 6) is 0.266. The van der Waals surface area contributed by atoms with Gasteiger partial charge in [-0.05, 0) is 48.0 Å². The van der Waals surface area contributed by atoms with Crippen LogP contribution in [0.5, 0.6) is 0 Å². The number of hydrogen-bond donors (Lipinski definition) is 1. The number of anilines is 1. The molecule has 0 radical (unpaired) electrons. The number of nitrogens with two attached hydrogens (primary N) is 1. The third-order valence-electron chi connectivity index (χ3n) is 2.70. The van der Waals surface area contributed by atoms with Crippen LogP contribution < -0.4 is 5.73 Å². The van der Waals surface area contributed by atoms with E-state index in [-0.39, 0.29) is 18.1 Å². The number of imidazole rings is 1. The Kier molecular flexibility index (Phi) is 4.35. The molecule has 1 heterocycles. The van der Waals surface area contributed by atoms with E-state index in [2.05, 4.69) is 20.9 Å². The average molecular weight is 359 g/mol. The van der Waals surface area contributed by atoms with E-state index in [4.69, 9.17) is 22.1 Å². The van der Waals surface area contributed by atoms with E-state index in [1.807, 2.05) is 0 Å². The summed E-state index contributed by atoms with van der Waals surface area (Å²) in [7, 11) is 0. The number of nitrogen functional groups attached to an aromatic ring is 1. The SMILES string of the molecule is CCOC(=O)c1nc(C)n(-c2cc(Cl)ccc2Br)c1N. The van der Waals surface area contributed by atoms with Gasteiger partial charge in [-0.3, -0.25) is 4.57 Å². The lowest BCUT2D eigenvalue weighted by molar-refractivity contribution is 0.0521. The number of hydrogen-bond acceptors (Lipinski definition) is 4. The normalized spacial score (nSPS) is 10.6. The molecule has 2 N–H and O–H groups in total. The topological polar surface area (TPSA) is 70.1 Å². The highest BCUT2D eigenvalue weighted by molar-refractivity contribution is 9.10. The smallest absolute Gasteiger partial charge is 0.360 e. The fraction of sp³-hybridized carbons (Fsp3) is 0.231. The molecule has 106 valence electrons. The van der Waals surface area contributed by atoms with E-state index in [0.29, 0.717) is 10.8 Å². The maximum absolute atomic E-state index is 11.8. The second-order valence-corrected chi connectivity index (χ2v) is 5.34. The van der Waals surface area contributed by atoms with Gasteiger partial charge in [-0.15, -0.1) is 0 Å². The zero-order chi connectivity index (χ0) is 14.9. The highest BCUT2D eigenvalue weighted by Gasteiger charge is 2.21. The molecule has 0 amide bonds. The molecule has 0 saturated heterocycles. The predicted molar refractivity (Wildman–Crippen MR) is 81.4 cm³/mol. The number of aromatic nitrogens is 2. The van der Waals surface area contributed by atoms with Crippen molar-refractivity contribution in [1.29, 1.82) is 0 Å². The van der Waals surface area contributed by atoms with E-state index in [1.165, 1.54) is 0 Å². The summed E-state index contributed by atoms with van der Waals surface area (Å²) in [4.78, 5) is 16.0. The summed E-state index contributed by atoms with van der Waals surface area (Å²) in [5.41, 5.74) is 6.85. The van der Waals surface area contributed by atoms with E-state index in [9.17, 15) is 4.79 Å². The van der Waals surface area contributed by atoms with Crippen molar-refractivity contribution in [2.75, 3.05) is 12.3 Å². The molecular formula is C13H13BrClN3O2. The van der Waals surface area contributed by atoms with Crippen LogP contribution in [0.1, 0.15) is 23.2 Å². The van der Waals surface area contributed by atoms with Crippen LogP contribution in [0.15, 0.2) is 22.7 Å². The molecule has 2 rings (SSSR count). The molecule has 0 aliphatic heterocycles. The maximum Gasteiger partial charge on any atom is 0.360 e. The molecule has 0 bridgehead atoms. The first-order chi connectivity index (χ1) is 9.45. The van der Waals surface area contributed by atoms with Gasteiger partial charge < -0.3 is 10.5 Å². The Hall–Kier alpha value is -1.53. The van der Waals surface area contributed by atoms with Crippen LogP contribution in [0.4, 0.5) is 5.82 Å². The summed E-state index contributed by atoms with van der Waals surface area (Å²) in [5, 5.41) is 0.563. The van der Waals surface area contributed by atoms with Crippen molar-refractivity contribution in [1.82, 2.24) is 9.55 Å². The molecule has 0 saturated carbocycles. The molecule has 0 fully saturated rings. The van der Waals surface area contributed by atoms with Gasteiger partial charge in [0.15, 0.2) is 5.69 Å². The fourth-order valence-corrected chi connectivity index (χ4v) is 2.45. The molecule has 0 aliphatic carbocycles. The van der Waals surface area contributed by atoms with Gasteiger partial charge in [0, 0.05) is 9.50 Å². The van der Waals surface area contributed by atoms with Gasteiger partial charge in [-0.25, -0.2) is 9.78 Å². The number of halogens is 2. The third kappa shape index (κ3) is 2.66. The lowest BCUT2D eigenvalue weighted by Gasteiger charge is -2.10. The Morgan fingerprint density at radius 1 is 1.55 bits per heavy atom. The first kappa shape index (κ1) is 14.9. The quantitative estimate of drug-likeness (QED) is 0.854. The monoisotopic (exact) mass is 357 g/mol. The van der Waals surface area contributed by atoms with Gasteiger partial charge in [0.25, 0.3) is 0 Å². The molecule has 0 aliphatic rings. The summed E-state index contributed by atoms with van der Waals surface area (Å²) >= 11 is 9.44. The van der Waals surface area contributed by atoms with E-state index < -0.39 is 5.97 Å². The van der Waals surface area contributed by atoms with E-state index in [1.54, 1.807) is 36.6 Å². The summed E-state index contributed by atoms with van der Waals surface area (Å²) in [6.07, 6.45) is 0. The Morgan fingerprint density at radius 2 is 2.25 bits per heavy atom. The molecule has 1 aromatic carbocycles. The Balaban J connectivity index is 2.58. The zero-order valence-corrected chi connectivity index (χ0v) is 13.3. The summed E-state index contributed by atoms with van der Waals surface area (Å²) in [6.45, 7) is 3.75. The number of benzene rings is 1. The predicted octanol–water partition coefficient (Wildman–Crippen LogP) is 3.36. The zero-order valence-electron chi connectivity index (χ0n) is 11.0. The molecule has 0 spiro atoms. The minimum Gasteiger partial charge on any atom is -0.461 e. The van der Waals surface area contributed by atoms with Crippen molar-refractivity contribution in [3.63, 3.8) is 0 Å². The summed E-state index contributed by atoms with van der Waals surface area (Å²) < 4.78 is 7.39. The van der Waals surface area contributed by atoms with Crippen LogP contribution in [0, 0.1) is 6.92 Å². The van der Waals surface area contributed by atoms with Crippen LogP contribution in [0.3, 0.4) is 0 Å². The molecule has 1 aromatic heterocycles. The molecule has 5 nitrogen and oxygen atoms in total. The molecule has 7 heteroatoms. The standard InChI is InChI=1S/C13H13BrClN3O2/c1-3-20-13(19)11-12(16)18(7(2)17-11)10-6-8(15)4-5-9(10)14/h4-6H,3,16H2,1-2H3. The van der Waals surface area contributed by atoms with Crippen molar-refractivity contribution in [3.8, 4) is 5.69 Å². The van der Waals surface area contributed by atoms with Crippen LogP contribution in [-0.2, 0) is 4.74 Å². The van der Waals surface area contributed by atoms with Gasteiger partial charge in [0.1, 0.15) is 11.6 Å². The average Bonchev–Trinajstić information content (AvgIpc) is 2.68. The maximum atomic E-state index is 11.8. The molecule has 0 unspecified atom stereocenters. The largest absolute Gasteiger partial charge is 0.461 e. The van der Waals surface area contributed by atoms with Crippen molar-refractivity contribution in [2.45, 2.75) is 13.8 Å². The van der Waals surface area contributed by atoms with Crippen LogP contribution >= 0.6 is 27.5 Å². The van der Waals surface area contributed by atoms with Crippen LogP contribution in [-0.4, -0.2) is 22.1 Å². The highest BCUT2D eigenvalue weighted by Crippen LogP contribution is 2.29. The fourth-order valence-electron chi connectivity index (χ4n) is 1.86. The Bertz CT molecular complexity index is 670. The number of carbonyl (C=O) groups is 1. The first-order valence-corrected chi connectivity index (χ1v) is 7.10. The molecule has 20 heavy (non-hydrogen) atoms. The van der Waals surface area contributed by atoms with Gasteiger partial charge in [0.2, 0.25) is 0 Å². The molecule has 0 atom stereocenters. The number of nitrogens with zero attached hydrogens (tertiary/aromatic N) is 2. The number of esters is 1. The highest BCUT2D eigenvalue weighted by atomic mass is 79.9. The van der Waals surface area contributed by atoms with Crippen LogP contribution in [0.25, 0.3) is 5.69 Å². The van der Waals surface area contributed by atoms with Crippen molar-refractivity contribution >= 4 is 39.3 Å². The number of ether oxygens (including phenoxy) is 1. The number of aryl methyl sites for hydroxylation is 1. The molecule has 2 aromatic rings. The van der Waals surface area contributed by atoms with Gasteiger partial charge in [0.05, 0.1) is 12.3 Å². The lowest BCUT2D eigenvalue weighted by Crippen LogP contribution is -2.09. The van der Waals surface area contributed by atoms with Gasteiger partial charge in [-0.1, -0.05) is 11.6 Å². The number of rotatable bonds is 3. The minimum absolute atomic E-state index is 0.108. The minimum atomic E-state index is -0.537. The van der Waals surface area contributed by atoms with Crippen molar-refractivity contribution in [2.24, 2.45) is 0 Å². The molecular weight excluding hydrogens is 346 g/mol. The van der Waals surface area contributed by atoms with Gasteiger partial charge in [-0.2, -0.15) is 0 Å². The second-order valence-electron chi connectivity index (χ2n) is 4.04. The van der Waals surface area contributed by atoms with Crippen molar-refractivity contribution < 1.29 is 9.53 Å². The van der Waals surface area contributed by atoms with Crippen LogP contribution in [0.2, 0.25) is 5.02 Å². The first-order valence-electron chi connectivity index (χ1n) is 5.93. The Labute approximate surface area is 129 Å². The van der Waals surface area contributed by atoms with Crippen molar-refractivity contribution in [3.05, 3.63) is 39.2 Å². The number of carbonyl (C=O) groups excluding carboxylic acids is 1. The second kappa shape index (κ2) is 5.85. The lowest BCUT2D eigenvalue weighted by atomic mass is 10.3. The van der Waals surface area contributed by atoms with Gasteiger partial charge >= 0.3 is 5.97 Å². The Morgan fingerprint density at radius 3 is 2.90 bits per heavy atom.